The Balaban J connectivity index is 1.42. The summed E-state index contributed by atoms with van der Waals surface area (Å²) in [6.07, 6.45) is -0.109. The molecule has 3 aromatic rings. The summed E-state index contributed by atoms with van der Waals surface area (Å²) < 4.78 is 5.13. The zero-order chi connectivity index (χ0) is 26.8. The molecule has 10 nitrogen and oxygen atoms in total. The third-order valence-electron chi connectivity index (χ3n) is 5.92. The van der Waals surface area contributed by atoms with Crippen molar-refractivity contribution in [2.24, 2.45) is 10.2 Å². The molecule has 1 saturated heterocycles. The number of anilines is 3. The van der Waals surface area contributed by atoms with Crippen molar-refractivity contribution in [2.45, 2.75) is 18.6 Å². The van der Waals surface area contributed by atoms with Gasteiger partial charge in [-0.25, -0.2) is 0 Å². The first-order valence-corrected chi connectivity index (χ1v) is 12.5. The maximum atomic E-state index is 13.4. The van der Waals surface area contributed by atoms with Crippen molar-refractivity contribution >= 4 is 57.4 Å². The number of carbonyl (C=O) groups excluding carboxylic acids is 3. The van der Waals surface area contributed by atoms with Gasteiger partial charge < -0.3 is 20.5 Å². The first kappa shape index (κ1) is 25.0. The Bertz CT molecular complexity index is 1480. The molecule has 192 valence electrons. The van der Waals surface area contributed by atoms with Gasteiger partial charge in [0.25, 0.3) is 5.91 Å². The number of carbonyl (C=O) groups is 3. The van der Waals surface area contributed by atoms with Gasteiger partial charge in [-0.05, 0) is 67.6 Å². The number of phenols is 1. The van der Waals surface area contributed by atoms with Gasteiger partial charge >= 0.3 is 0 Å². The Kier molecular flexibility index (Phi) is 6.84. The first-order chi connectivity index (χ1) is 18.3. The van der Waals surface area contributed by atoms with Gasteiger partial charge in [0.2, 0.25) is 11.8 Å². The Hall–Kier alpha value is -4.64. The van der Waals surface area contributed by atoms with E-state index in [9.17, 15) is 19.5 Å². The predicted molar refractivity (Wildman–Crippen MR) is 147 cm³/mol. The Morgan fingerprint density at radius 3 is 2.53 bits per heavy atom. The molecule has 0 aliphatic carbocycles. The third kappa shape index (κ3) is 5.09. The van der Waals surface area contributed by atoms with Crippen molar-refractivity contribution in [3.05, 3.63) is 77.9 Å². The number of aromatic hydroxyl groups is 1. The van der Waals surface area contributed by atoms with Crippen molar-refractivity contribution in [3.8, 4) is 11.5 Å². The third-order valence-corrected chi connectivity index (χ3v) is 7.04. The van der Waals surface area contributed by atoms with Crippen LogP contribution in [0.4, 0.5) is 17.1 Å². The maximum absolute atomic E-state index is 13.4. The van der Waals surface area contributed by atoms with E-state index in [0.29, 0.717) is 28.4 Å². The van der Waals surface area contributed by atoms with Crippen LogP contribution < -0.4 is 20.3 Å². The molecule has 2 heterocycles. The molecule has 2 aliphatic rings. The SMILES string of the molecule is COc1ccc(NC(=O)CC2S/C(=N/N=C3\C(=O)Nc4ccc(C)cc43)N(c3ccc(O)cc3)C2=O)cc1. The minimum Gasteiger partial charge on any atom is -0.508 e. The number of nitrogens with one attached hydrogen (secondary N) is 2. The van der Waals surface area contributed by atoms with Gasteiger partial charge in [-0.3, -0.25) is 19.3 Å². The number of amidine groups is 1. The van der Waals surface area contributed by atoms with Crippen LogP contribution in [0.5, 0.6) is 11.5 Å². The fourth-order valence-corrected chi connectivity index (χ4v) is 5.10. The number of rotatable bonds is 6. The number of nitrogens with zero attached hydrogens (tertiary/aromatic N) is 3. The van der Waals surface area contributed by atoms with E-state index in [-0.39, 0.29) is 34.9 Å². The summed E-state index contributed by atoms with van der Waals surface area (Å²) in [6, 6.07) is 18.4. The van der Waals surface area contributed by atoms with Crippen LogP contribution in [0, 0.1) is 6.92 Å². The number of hydrogen-bond acceptors (Lipinski definition) is 8. The maximum Gasteiger partial charge on any atom is 0.276 e. The number of benzene rings is 3. The lowest BCUT2D eigenvalue weighted by atomic mass is 10.1. The molecule has 0 radical (unpaired) electrons. The van der Waals surface area contributed by atoms with Gasteiger partial charge in [-0.2, -0.15) is 0 Å². The highest BCUT2D eigenvalue weighted by Crippen LogP contribution is 2.35. The topological polar surface area (TPSA) is 133 Å². The zero-order valence-corrected chi connectivity index (χ0v) is 21.3. The summed E-state index contributed by atoms with van der Waals surface area (Å²) in [5.74, 6) is -0.409. The molecule has 1 fully saturated rings. The second-order valence-electron chi connectivity index (χ2n) is 8.61. The summed E-state index contributed by atoms with van der Waals surface area (Å²) in [7, 11) is 1.55. The van der Waals surface area contributed by atoms with Crippen molar-refractivity contribution < 1.29 is 24.2 Å². The van der Waals surface area contributed by atoms with Crippen LogP contribution in [0.1, 0.15) is 17.5 Å². The van der Waals surface area contributed by atoms with Crippen LogP contribution in [-0.2, 0) is 14.4 Å². The molecule has 3 aromatic carbocycles. The second kappa shape index (κ2) is 10.4. The van der Waals surface area contributed by atoms with Gasteiger partial charge in [0, 0.05) is 17.7 Å². The normalized spacial score (nSPS) is 18.6. The van der Waals surface area contributed by atoms with Gasteiger partial charge in [0.15, 0.2) is 10.9 Å². The summed E-state index contributed by atoms with van der Waals surface area (Å²) in [4.78, 5) is 40.1. The Morgan fingerprint density at radius 1 is 1.08 bits per heavy atom. The van der Waals surface area contributed by atoms with E-state index in [4.69, 9.17) is 4.74 Å². The molecule has 0 bridgehead atoms. The van der Waals surface area contributed by atoms with Crippen LogP contribution in [0.3, 0.4) is 0 Å². The molecule has 3 N–H and O–H groups in total. The zero-order valence-electron chi connectivity index (χ0n) is 20.5. The lowest BCUT2D eigenvalue weighted by Gasteiger charge is -2.16. The second-order valence-corrected chi connectivity index (χ2v) is 9.78. The molecular formula is C27H23N5O5S. The van der Waals surface area contributed by atoms with Crippen LogP contribution in [0.15, 0.2) is 76.9 Å². The molecule has 0 spiro atoms. The van der Waals surface area contributed by atoms with E-state index in [0.717, 1.165) is 17.3 Å². The monoisotopic (exact) mass is 529 g/mol. The van der Waals surface area contributed by atoms with Gasteiger partial charge in [-0.1, -0.05) is 23.4 Å². The quantitative estimate of drug-likeness (QED) is 0.415. The largest absolute Gasteiger partial charge is 0.508 e. The minimum atomic E-state index is -0.770. The lowest BCUT2D eigenvalue weighted by Crippen LogP contribution is -2.33. The van der Waals surface area contributed by atoms with E-state index in [1.54, 1.807) is 49.6 Å². The Morgan fingerprint density at radius 2 is 1.82 bits per heavy atom. The summed E-state index contributed by atoms with van der Waals surface area (Å²) in [5.41, 5.74) is 3.38. The Labute approximate surface area is 222 Å². The number of fused-ring (bicyclic) bond motifs is 1. The molecule has 0 aromatic heterocycles. The highest BCUT2D eigenvalue weighted by atomic mass is 32.2. The molecule has 11 heteroatoms. The predicted octanol–water partition coefficient (Wildman–Crippen LogP) is 3.90. The number of phenolic OH excluding ortho intramolecular Hbond substituents is 1. The van der Waals surface area contributed by atoms with Gasteiger partial charge in [-0.15, -0.1) is 10.2 Å². The number of amides is 3. The average molecular weight is 530 g/mol. The molecular weight excluding hydrogens is 506 g/mol. The van der Waals surface area contributed by atoms with Crippen molar-refractivity contribution in [3.63, 3.8) is 0 Å². The highest BCUT2D eigenvalue weighted by molar-refractivity contribution is 8.16. The van der Waals surface area contributed by atoms with E-state index in [2.05, 4.69) is 20.8 Å². The van der Waals surface area contributed by atoms with Crippen LogP contribution >= 0.6 is 11.8 Å². The van der Waals surface area contributed by atoms with Gasteiger partial charge in [0.1, 0.15) is 16.7 Å². The smallest absolute Gasteiger partial charge is 0.276 e. The number of methoxy groups -OCH3 is 1. The number of thioether (sulfide) groups is 1. The average Bonchev–Trinajstić information content (AvgIpc) is 3.38. The van der Waals surface area contributed by atoms with Crippen LogP contribution in [0.25, 0.3) is 0 Å². The highest BCUT2D eigenvalue weighted by Gasteiger charge is 2.40. The molecule has 3 amide bonds. The molecule has 5 rings (SSSR count). The fraction of sp³-hybridized carbons (Fsp3) is 0.148. The molecule has 1 unspecified atom stereocenters. The standard InChI is InChI=1S/C27H23N5O5S/c1-15-3-12-21-20(13-15)24(25(35)29-21)30-31-27-32(17-6-8-18(33)9-7-17)26(36)22(38-27)14-23(34)28-16-4-10-19(37-2)11-5-16/h3-13,22,33H,14H2,1-2H3,(H,28,34)(H,29,30,35)/b31-27+. The van der Waals surface area contributed by atoms with Crippen LogP contribution in [0.2, 0.25) is 0 Å². The van der Waals surface area contributed by atoms with Crippen molar-refractivity contribution in [2.75, 3.05) is 22.6 Å². The lowest BCUT2D eigenvalue weighted by molar-refractivity contribution is -0.121. The van der Waals surface area contributed by atoms with Crippen molar-refractivity contribution in [1.29, 1.82) is 0 Å². The van der Waals surface area contributed by atoms with E-state index in [1.165, 1.54) is 17.0 Å². The van der Waals surface area contributed by atoms with E-state index in [1.807, 2.05) is 19.1 Å². The molecule has 1 atom stereocenters. The van der Waals surface area contributed by atoms with Gasteiger partial charge in [0.05, 0.1) is 18.5 Å². The fourth-order valence-electron chi connectivity index (χ4n) is 4.02. The van der Waals surface area contributed by atoms with Crippen LogP contribution in [-0.4, -0.2) is 46.1 Å². The molecule has 2 aliphatic heterocycles. The number of aryl methyl sites for hydroxylation is 1. The first-order valence-electron chi connectivity index (χ1n) is 11.6. The van der Waals surface area contributed by atoms with E-state index >= 15 is 0 Å². The molecule has 38 heavy (non-hydrogen) atoms. The molecule has 0 saturated carbocycles. The summed E-state index contributed by atoms with van der Waals surface area (Å²) >= 11 is 1.08. The van der Waals surface area contributed by atoms with Crippen molar-refractivity contribution in [1.82, 2.24) is 0 Å². The summed E-state index contributed by atoms with van der Waals surface area (Å²) in [5, 5.41) is 23.2. The minimum absolute atomic E-state index is 0.0387. The number of hydrogen-bond donors (Lipinski definition) is 3. The summed E-state index contributed by atoms with van der Waals surface area (Å²) in [6.45, 7) is 1.91. The number of ether oxygens (including phenoxy) is 1. The van der Waals surface area contributed by atoms with E-state index < -0.39 is 11.2 Å².